The normalized spacial score (nSPS) is 10.6. The molecule has 0 bridgehead atoms. The van der Waals surface area contributed by atoms with E-state index in [9.17, 15) is 4.79 Å². The van der Waals surface area contributed by atoms with Gasteiger partial charge in [0, 0.05) is 33.7 Å². The van der Waals surface area contributed by atoms with E-state index in [0.717, 1.165) is 28.3 Å². The number of hydrogen-bond donors (Lipinski definition) is 1. The highest BCUT2D eigenvalue weighted by Gasteiger charge is 2.22. The van der Waals surface area contributed by atoms with Crippen LogP contribution in [0.2, 0.25) is 5.02 Å². The van der Waals surface area contributed by atoms with Gasteiger partial charge in [-0.25, -0.2) is 0 Å². The van der Waals surface area contributed by atoms with Gasteiger partial charge in [-0.3, -0.25) is 4.79 Å². The second kappa shape index (κ2) is 9.20. The number of benzene rings is 3. The second-order valence-electron chi connectivity index (χ2n) is 7.23. The van der Waals surface area contributed by atoms with Crippen LogP contribution in [0, 0.1) is 6.92 Å². The van der Waals surface area contributed by atoms with Crippen molar-refractivity contribution >= 4 is 23.2 Å². The molecule has 5 nitrogen and oxygen atoms in total. The van der Waals surface area contributed by atoms with Gasteiger partial charge >= 0.3 is 0 Å². The van der Waals surface area contributed by atoms with E-state index < -0.39 is 0 Å². The van der Waals surface area contributed by atoms with Gasteiger partial charge in [-0.15, -0.1) is 0 Å². The highest BCUT2D eigenvalue weighted by atomic mass is 35.5. The van der Waals surface area contributed by atoms with Gasteiger partial charge < -0.3 is 19.4 Å². The van der Waals surface area contributed by atoms with Crippen molar-refractivity contribution in [2.24, 2.45) is 0 Å². The highest BCUT2D eigenvalue weighted by Crippen LogP contribution is 2.37. The first-order chi connectivity index (χ1) is 15.5. The van der Waals surface area contributed by atoms with Crippen molar-refractivity contribution in [2.45, 2.75) is 6.92 Å². The van der Waals surface area contributed by atoms with Crippen LogP contribution in [-0.4, -0.2) is 24.7 Å². The van der Waals surface area contributed by atoms with E-state index in [-0.39, 0.29) is 5.91 Å². The number of anilines is 1. The average Bonchev–Trinajstić information content (AvgIpc) is 3.16. The Morgan fingerprint density at radius 2 is 1.62 bits per heavy atom. The van der Waals surface area contributed by atoms with Gasteiger partial charge in [-0.05, 0) is 61.5 Å². The van der Waals surface area contributed by atoms with Crippen molar-refractivity contribution in [1.29, 1.82) is 0 Å². The van der Waals surface area contributed by atoms with Crippen LogP contribution in [0.15, 0.2) is 78.9 Å². The monoisotopic (exact) mass is 446 g/mol. The van der Waals surface area contributed by atoms with Crippen LogP contribution < -0.4 is 14.8 Å². The van der Waals surface area contributed by atoms with Crippen molar-refractivity contribution in [3.05, 3.63) is 95.1 Å². The zero-order valence-electron chi connectivity index (χ0n) is 18.1. The summed E-state index contributed by atoms with van der Waals surface area (Å²) in [6.45, 7) is 1.92. The molecule has 0 fully saturated rings. The van der Waals surface area contributed by atoms with E-state index in [2.05, 4.69) is 5.32 Å². The van der Waals surface area contributed by atoms with Crippen LogP contribution in [0.25, 0.3) is 16.9 Å². The fraction of sp³-hybridized carbons (Fsp3) is 0.115. The first-order valence-electron chi connectivity index (χ1n) is 10.1. The van der Waals surface area contributed by atoms with Crippen LogP contribution in [0.1, 0.15) is 16.1 Å². The number of methoxy groups -OCH3 is 2. The molecule has 0 saturated heterocycles. The van der Waals surface area contributed by atoms with Crippen LogP contribution in [0.4, 0.5) is 5.69 Å². The predicted octanol–water partition coefficient (Wildman–Crippen LogP) is 6.38. The summed E-state index contributed by atoms with van der Waals surface area (Å²) in [4.78, 5) is 13.2. The van der Waals surface area contributed by atoms with Gasteiger partial charge in [-0.2, -0.15) is 0 Å². The molecule has 1 heterocycles. The lowest BCUT2D eigenvalue weighted by molar-refractivity contribution is 0.102. The Kier molecular flexibility index (Phi) is 6.19. The molecule has 3 aromatic carbocycles. The van der Waals surface area contributed by atoms with Gasteiger partial charge in [0.1, 0.15) is 11.5 Å². The van der Waals surface area contributed by atoms with Gasteiger partial charge in [-0.1, -0.05) is 29.8 Å². The molecule has 1 amide bonds. The summed E-state index contributed by atoms with van der Waals surface area (Å²) in [5.41, 5.74) is 4.65. The fourth-order valence-electron chi connectivity index (χ4n) is 3.69. The molecule has 0 aliphatic rings. The van der Waals surface area contributed by atoms with Crippen LogP contribution in [-0.2, 0) is 0 Å². The van der Waals surface area contributed by atoms with Gasteiger partial charge in [0.25, 0.3) is 5.91 Å². The largest absolute Gasteiger partial charge is 0.497 e. The van der Waals surface area contributed by atoms with Crippen molar-refractivity contribution < 1.29 is 14.3 Å². The Balaban J connectivity index is 1.88. The predicted molar refractivity (Wildman–Crippen MR) is 128 cm³/mol. The number of carbonyl (C=O) groups is 1. The van der Waals surface area contributed by atoms with Crippen molar-refractivity contribution in [3.8, 4) is 28.4 Å². The summed E-state index contributed by atoms with van der Waals surface area (Å²) in [5, 5.41) is 3.62. The lowest BCUT2D eigenvalue weighted by atomic mass is 10.1. The number of rotatable bonds is 6. The summed E-state index contributed by atoms with van der Waals surface area (Å²) in [7, 11) is 3.23. The van der Waals surface area contributed by atoms with E-state index >= 15 is 0 Å². The highest BCUT2D eigenvalue weighted by molar-refractivity contribution is 6.30. The standard InChI is InChI=1S/C26H23ClN2O3/c1-17-23(26(30)28-19-7-5-4-6-8-19)16-24(29(17)20-11-9-18(27)10-12-20)22-14-13-21(31-2)15-25(22)32-3/h4-16H,1-3H3,(H,28,30). The molecule has 0 radical (unpaired) electrons. The van der Waals surface area contributed by atoms with Gasteiger partial charge in [0.05, 0.1) is 25.5 Å². The smallest absolute Gasteiger partial charge is 0.257 e. The molecule has 0 aliphatic carbocycles. The maximum Gasteiger partial charge on any atom is 0.257 e. The van der Waals surface area contributed by atoms with E-state index in [1.807, 2.05) is 90.4 Å². The number of hydrogen-bond acceptors (Lipinski definition) is 3. The Hall–Kier alpha value is -3.70. The molecule has 4 aromatic rings. The van der Waals surface area contributed by atoms with Crippen molar-refractivity contribution in [3.63, 3.8) is 0 Å². The molecule has 0 unspecified atom stereocenters. The fourth-order valence-corrected chi connectivity index (χ4v) is 3.81. The first-order valence-corrected chi connectivity index (χ1v) is 10.5. The third-order valence-corrected chi connectivity index (χ3v) is 5.54. The Morgan fingerprint density at radius 3 is 2.28 bits per heavy atom. The SMILES string of the molecule is COc1ccc(-c2cc(C(=O)Nc3ccccc3)c(C)n2-c2ccc(Cl)cc2)c(OC)c1. The number of aromatic nitrogens is 1. The quantitative estimate of drug-likeness (QED) is 0.374. The molecule has 1 N–H and O–H groups in total. The Morgan fingerprint density at radius 1 is 0.906 bits per heavy atom. The number of halogens is 1. The van der Waals surface area contributed by atoms with Crippen LogP contribution >= 0.6 is 11.6 Å². The summed E-state index contributed by atoms with van der Waals surface area (Å²) in [6.07, 6.45) is 0. The third-order valence-electron chi connectivity index (χ3n) is 5.29. The van der Waals surface area contributed by atoms with E-state index in [1.165, 1.54) is 0 Å². The third kappa shape index (κ3) is 4.20. The number of para-hydroxylation sites is 1. The maximum absolute atomic E-state index is 13.2. The molecule has 4 rings (SSSR count). The van der Waals surface area contributed by atoms with Crippen LogP contribution in [0.3, 0.4) is 0 Å². The molecule has 32 heavy (non-hydrogen) atoms. The Bertz CT molecular complexity index is 1250. The summed E-state index contributed by atoms with van der Waals surface area (Å²) in [6, 6.07) is 24.4. The zero-order chi connectivity index (χ0) is 22.7. The molecule has 0 spiro atoms. The minimum absolute atomic E-state index is 0.185. The van der Waals surface area contributed by atoms with Crippen molar-refractivity contribution in [2.75, 3.05) is 19.5 Å². The topological polar surface area (TPSA) is 52.5 Å². The minimum Gasteiger partial charge on any atom is -0.497 e. The molecular weight excluding hydrogens is 424 g/mol. The summed E-state index contributed by atoms with van der Waals surface area (Å²) >= 11 is 6.12. The van der Waals surface area contributed by atoms with Gasteiger partial charge in [0.2, 0.25) is 0 Å². The molecule has 162 valence electrons. The number of nitrogens with zero attached hydrogens (tertiary/aromatic N) is 1. The van der Waals surface area contributed by atoms with E-state index in [4.69, 9.17) is 21.1 Å². The lowest BCUT2D eigenvalue weighted by Gasteiger charge is -2.15. The lowest BCUT2D eigenvalue weighted by Crippen LogP contribution is -2.13. The minimum atomic E-state index is -0.185. The molecular formula is C26H23ClN2O3. The maximum atomic E-state index is 13.2. The summed E-state index contributed by atoms with van der Waals surface area (Å²) in [5.74, 6) is 1.15. The number of nitrogens with one attached hydrogen (secondary N) is 1. The van der Waals surface area contributed by atoms with E-state index in [1.54, 1.807) is 14.2 Å². The molecule has 0 aliphatic heterocycles. The average molecular weight is 447 g/mol. The molecule has 6 heteroatoms. The summed E-state index contributed by atoms with van der Waals surface area (Å²) < 4.78 is 13.0. The van der Waals surface area contributed by atoms with E-state index in [0.29, 0.717) is 22.1 Å². The van der Waals surface area contributed by atoms with Gasteiger partial charge in [0.15, 0.2) is 0 Å². The molecule has 0 saturated carbocycles. The number of amides is 1. The Labute approximate surface area is 192 Å². The van der Waals surface area contributed by atoms with Crippen LogP contribution in [0.5, 0.6) is 11.5 Å². The van der Waals surface area contributed by atoms with Crippen molar-refractivity contribution in [1.82, 2.24) is 4.57 Å². The first kappa shape index (κ1) is 21.5. The molecule has 1 aromatic heterocycles. The number of ether oxygens (including phenoxy) is 2. The number of carbonyl (C=O) groups excluding carboxylic acids is 1. The molecule has 0 atom stereocenters. The zero-order valence-corrected chi connectivity index (χ0v) is 18.8. The second-order valence-corrected chi connectivity index (χ2v) is 7.66.